The highest BCUT2D eigenvalue weighted by atomic mass is 16.6. The van der Waals surface area contributed by atoms with Gasteiger partial charge in [0.2, 0.25) is 11.6 Å². The van der Waals surface area contributed by atoms with Crippen LogP contribution in [0.4, 0.5) is 17.3 Å². The van der Waals surface area contributed by atoms with Crippen molar-refractivity contribution in [1.29, 1.82) is 0 Å². The molecule has 0 spiro atoms. The topological polar surface area (TPSA) is 93.0 Å². The van der Waals surface area contributed by atoms with Gasteiger partial charge < -0.3 is 10.6 Å². The van der Waals surface area contributed by atoms with E-state index < -0.39 is 4.92 Å². The predicted octanol–water partition coefficient (Wildman–Crippen LogP) is 3.05. The van der Waals surface area contributed by atoms with Crippen LogP contribution in [0, 0.1) is 22.0 Å². The molecule has 1 aromatic rings. The lowest BCUT2D eigenvalue weighted by molar-refractivity contribution is -0.383. The molecule has 1 aromatic heterocycles. The molecule has 1 aliphatic carbocycles. The first kappa shape index (κ1) is 15.5. The highest BCUT2D eigenvalue weighted by Crippen LogP contribution is 2.32. The van der Waals surface area contributed by atoms with Crippen LogP contribution in [0.15, 0.2) is 6.33 Å². The second-order valence-corrected chi connectivity index (χ2v) is 5.77. The van der Waals surface area contributed by atoms with Crippen LogP contribution in [-0.4, -0.2) is 28.0 Å². The fourth-order valence-corrected chi connectivity index (χ4v) is 2.81. The second kappa shape index (κ2) is 7.19. The van der Waals surface area contributed by atoms with Crippen molar-refractivity contribution in [1.82, 2.24) is 9.97 Å². The van der Waals surface area contributed by atoms with Gasteiger partial charge >= 0.3 is 5.69 Å². The molecular formula is C14H23N5O2. The molecule has 0 amide bonds. The van der Waals surface area contributed by atoms with Gasteiger partial charge in [0.25, 0.3) is 0 Å². The molecule has 0 aromatic carbocycles. The van der Waals surface area contributed by atoms with Crippen molar-refractivity contribution in [2.24, 2.45) is 11.8 Å². The molecule has 2 unspecified atom stereocenters. The van der Waals surface area contributed by atoms with E-state index in [9.17, 15) is 10.1 Å². The highest BCUT2D eigenvalue weighted by molar-refractivity contribution is 5.69. The largest absolute Gasteiger partial charge is 0.364 e. The van der Waals surface area contributed by atoms with Gasteiger partial charge in [-0.2, -0.15) is 0 Å². The van der Waals surface area contributed by atoms with E-state index in [4.69, 9.17) is 0 Å². The van der Waals surface area contributed by atoms with Crippen LogP contribution in [0.1, 0.15) is 39.5 Å². The molecule has 2 N–H and O–H groups in total. The number of rotatable bonds is 7. The van der Waals surface area contributed by atoms with Crippen LogP contribution in [-0.2, 0) is 0 Å². The molecule has 7 heteroatoms. The van der Waals surface area contributed by atoms with E-state index >= 15 is 0 Å². The number of hydrogen-bond acceptors (Lipinski definition) is 6. The lowest BCUT2D eigenvalue weighted by atomic mass is 10.1. The monoisotopic (exact) mass is 293 g/mol. The molecule has 0 saturated heterocycles. The maximum absolute atomic E-state index is 11.3. The molecule has 21 heavy (non-hydrogen) atoms. The Bertz CT molecular complexity index is 494. The van der Waals surface area contributed by atoms with Crippen molar-refractivity contribution in [3.05, 3.63) is 16.4 Å². The zero-order valence-corrected chi connectivity index (χ0v) is 12.6. The number of aromatic nitrogens is 2. The molecule has 7 nitrogen and oxygen atoms in total. The zero-order valence-electron chi connectivity index (χ0n) is 12.6. The first-order valence-corrected chi connectivity index (χ1v) is 7.59. The number of hydrogen-bond donors (Lipinski definition) is 2. The molecule has 1 saturated carbocycles. The number of nitrogens with one attached hydrogen (secondary N) is 2. The van der Waals surface area contributed by atoms with Gasteiger partial charge in [0.1, 0.15) is 6.33 Å². The van der Waals surface area contributed by atoms with E-state index in [1.54, 1.807) is 0 Å². The third kappa shape index (κ3) is 4.03. The minimum absolute atomic E-state index is 0.0583. The lowest BCUT2D eigenvalue weighted by Crippen LogP contribution is -2.15. The van der Waals surface area contributed by atoms with Crippen molar-refractivity contribution < 1.29 is 4.92 Å². The summed E-state index contributed by atoms with van der Waals surface area (Å²) >= 11 is 0. The van der Waals surface area contributed by atoms with Crippen LogP contribution in [0.2, 0.25) is 0 Å². The smallest absolute Gasteiger partial charge is 0.353 e. The lowest BCUT2D eigenvalue weighted by Gasteiger charge is -2.13. The van der Waals surface area contributed by atoms with Crippen molar-refractivity contribution in [3.8, 4) is 0 Å². The molecule has 0 aliphatic heterocycles. The van der Waals surface area contributed by atoms with E-state index in [1.165, 1.54) is 25.6 Å². The Hall–Kier alpha value is -1.92. The van der Waals surface area contributed by atoms with Crippen molar-refractivity contribution in [3.63, 3.8) is 0 Å². The Balaban J connectivity index is 2.08. The average Bonchev–Trinajstić information content (AvgIpc) is 2.88. The van der Waals surface area contributed by atoms with Crippen LogP contribution < -0.4 is 10.6 Å². The number of anilines is 2. The van der Waals surface area contributed by atoms with Crippen molar-refractivity contribution in [2.45, 2.75) is 39.5 Å². The van der Waals surface area contributed by atoms with Gasteiger partial charge in [0.05, 0.1) is 4.92 Å². The van der Waals surface area contributed by atoms with Crippen LogP contribution in [0.5, 0.6) is 0 Å². The van der Waals surface area contributed by atoms with Crippen molar-refractivity contribution >= 4 is 17.3 Å². The molecule has 2 rings (SSSR count). The second-order valence-electron chi connectivity index (χ2n) is 5.77. The first-order chi connectivity index (χ1) is 10.1. The molecule has 116 valence electrons. The van der Waals surface area contributed by atoms with E-state index in [2.05, 4.69) is 27.5 Å². The molecule has 0 bridgehead atoms. The third-order valence-corrected chi connectivity index (χ3v) is 3.91. The van der Waals surface area contributed by atoms with Gasteiger partial charge in [0.15, 0.2) is 0 Å². The minimum Gasteiger partial charge on any atom is -0.364 e. The minimum atomic E-state index is -0.419. The van der Waals surface area contributed by atoms with E-state index in [1.807, 2.05) is 6.92 Å². The summed E-state index contributed by atoms with van der Waals surface area (Å²) in [5.74, 6) is 1.92. The summed E-state index contributed by atoms with van der Waals surface area (Å²) in [6, 6.07) is 0. The van der Waals surface area contributed by atoms with E-state index in [0.29, 0.717) is 24.1 Å². The SMILES string of the molecule is CCCNc1ncnc(NCC2CCC(C)C2)c1[N+](=O)[O-]. The summed E-state index contributed by atoms with van der Waals surface area (Å²) in [5.41, 5.74) is -0.0583. The molecule has 1 fully saturated rings. The van der Waals surface area contributed by atoms with Gasteiger partial charge in [-0.3, -0.25) is 10.1 Å². The summed E-state index contributed by atoms with van der Waals surface area (Å²) in [4.78, 5) is 18.9. The van der Waals surface area contributed by atoms with Gasteiger partial charge in [0, 0.05) is 13.1 Å². The summed E-state index contributed by atoms with van der Waals surface area (Å²) in [6.45, 7) is 5.63. The number of nitrogens with zero attached hydrogens (tertiary/aromatic N) is 3. The Morgan fingerprint density at radius 1 is 1.33 bits per heavy atom. The molecule has 1 aliphatic rings. The maximum atomic E-state index is 11.3. The summed E-state index contributed by atoms with van der Waals surface area (Å²) in [6.07, 6.45) is 5.83. The Kier molecular flexibility index (Phi) is 5.30. The first-order valence-electron chi connectivity index (χ1n) is 7.59. The Morgan fingerprint density at radius 2 is 2.05 bits per heavy atom. The summed E-state index contributed by atoms with van der Waals surface area (Å²) < 4.78 is 0. The standard InChI is InChI=1S/C14H23N5O2/c1-3-6-15-13-12(19(20)21)14(18-9-17-13)16-8-11-5-4-10(2)7-11/h9-11H,3-8H2,1-2H3,(H2,15,16,17,18). The quantitative estimate of drug-likeness (QED) is 0.593. The summed E-state index contributed by atoms with van der Waals surface area (Å²) in [5, 5.41) is 17.4. The van der Waals surface area contributed by atoms with Gasteiger partial charge in [-0.15, -0.1) is 0 Å². The normalized spacial score (nSPS) is 21.2. The van der Waals surface area contributed by atoms with Crippen LogP contribution in [0.3, 0.4) is 0 Å². The van der Waals surface area contributed by atoms with Crippen molar-refractivity contribution in [2.75, 3.05) is 23.7 Å². The zero-order chi connectivity index (χ0) is 15.2. The highest BCUT2D eigenvalue weighted by Gasteiger charge is 2.25. The molecular weight excluding hydrogens is 270 g/mol. The Labute approximate surface area is 124 Å². The third-order valence-electron chi connectivity index (χ3n) is 3.91. The average molecular weight is 293 g/mol. The van der Waals surface area contributed by atoms with E-state index in [-0.39, 0.29) is 5.69 Å². The fraction of sp³-hybridized carbons (Fsp3) is 0.714. The number of nitro groups is 1. The van der Waals surface area contributed by atoms with Crippen LogP contribution >= 0.6 is 0 Å². The molecule has 0 radical (unpaired) electrons. The maximum Gasteiger partial charge on any atom is 0.353 e. The molecule has 2 atom stereocenters. The van der Waals surface area contributed by atoms with Crippen LogP contribution in [0.25, 0.3) is 0 Å². The van der Waals surface area contributed by atoms with Gasteiger partial charge in [-0.25, -0.2) is 9.97 Å². The predicted molar refractivity (Wildman–Crippen MR) is 82.5 cm³/mol. The Morgan fingerprint density at radius 3 is 2.62 bits per heavy atom. The molecule has 1 heterocycles. The fourth-order valence-electron chi connectivity index (χ4n) is 2.81. The van der Waals surface area contributed by atoms with Gasteiger partial charge in [-0.05, 0) is 31.1 Å². The summed E-state index contributed by atoms with van der Waals surface area (Å²) in [7, 11) is 0. The van der Waals surface area contributed by atoms with Gasteiger partial charge in [-0.1, -0.05) is 20.3 Å². The van der Waals surface area contributed by atoms with E-state index in [0.717, 1.165) is 18.9 Å².